The van der Waals surface area contributed by atoms with Crippen molar-refractivity contribution in [3.63, 3.8) is 0 Å². The third-order valence-corrected chi connectivity index (χ3v) is 9.94. The number of ether oxygens (including phenoxy) is 1. The van der Waals surface area contributed by atoms with E-state index in [1.807, 2.05) is 42.2 Å². The number of benzene rings is 1. The Balaban J connectivity index is 1.73. The van der Waals surface area contributed by atoms with Crippen LogP contribution in [0.5, 0.6) is 0 Å². The minimum absolute atomic E-state index is 0.0228. The standard InChI is InChI=1S/C35H51N3O5/c1-6-9-14-21-36(19-7-2)33(42)30-35-24-26(4)34(5,43-35)28(29(35)32(41)38(30)22-15-11-16-23-39)31(40)37(20-8-3)25-27-17-12-10-13-18-27/h7-8,10,12-13,17-18,26,28-30,39H,2-3,6,9,11,14-16,19-25H2,1,4-5H3/t26?,28-,29-,30?,34+,35?/m0/s1. The number of fused-ring (bicyclic) bond motifs is 1. The Labute approximate surface area is 257 Å². The van der Waals surface area contributed by atoms with Crippen LogP contribution in [0, 0.1) is 17.8 Å². The molecule has 1 aromatic rings. The molecule has 0 aliphatic carbocycles. The average molecular weight is 594 g/mol. The first-order chi connectivity index (χ1) is 20.7. The van der Waals surface area contributed by atoms with Crippen molar-refractivity contribution in [1.82, 2.24) is 14.7 Å². The van der Waals surface area contributed by atoms with E-state index in [1.54, 1.807) is 22.0 Å². The Hall–Kier alpha value is -2.97. The molecule has 236 valence electrons. The van der Waals surface area contributed by atoms with Crippen LogP contribution < -0.4 is 0 Å². The van der Waals surface area contributed by atoms with Crippen LogP contribution in [0.4, 0.5) is 0 Å². The van der Waals surface area contributed by atoms with Crippen molar-refractivity contribution in [1.29, 1.82) is 0 Å². The molecule has 0 radical (unpaired) electrons. The van der Waals surface area contributed by atoms with Gasteiger partial charge < -0.3 is 24.5 Å². The van der Waals surface area contributed by atoms with E-state index in [9.17, 15) is 19.5 Å². The molecule has 1 aromatic carbocycles. The van der Waals surface area contributed by atoms with Crippen LogP contribution in [-0.4, -0.2) is 87.6 Å². The number of carbonyl (C=O) groups excluding carboxylic acids is 3. The summed E-state index contributed by atoms with van der Waals surface area (Å²) in [4.78, 5) is 48.9. The lowest BCUT2D eigenvalue weighted by molar-refractivity contribution is -0.155. The second-order valence-corrected chi connectivity index (χ2v) is 12.8. The smallest absolute Gasteiger partial charge is 0.248 e. The first kappa shape index (κ1) is 32.9. The summed E-state index contributed by atoms with van der Waals surface area (Å²) in [6, 6.07) is 9.02. The van der Waals surface area contributed by atoms with E-state index >= 15 is 0 Å². The van der Waals surface area contributed by atoms with E-state index < -0.39 is 29.1 Å². The molecule has 1 spiro atoms. The van der Waals surface area contributed by atoms with Crippen LogP contribution in [0.1, 0.15) is 71.3 Å². The summed E-state index contributed by atoms with van der Waals surface area (Å²) in [6.07, 6.45) is 8.96. The topological polar surface area (TPSA) is 90.4 Å². The summed E-state index contributed by atoms with van der Waals surface area (Å²) in [5.41, 5.74) is -0.949. The van der Waals surface area contributed by atoms with Crippen molar-refractivity contribution < 1.29 is 24.2 Å². The van der Waals surface area contributed by atoms with Crippen LogP contribution in [0.2, 0.25) is 0 Å². The number of carbonyl (C=O) groups is 3. The molecule has 6 atom stereocenters. The van der Waals surface area contributed by atoms with Gasteiger partial charge in [-0.25, -0.2) is 0 Å². The first-order valence-corrected chi connectivity index (χ1v) is 16.1. The van der Waals surface area contributed by atoms with E-state index in [1.165, 1.54) is 0 Å². The molecule has 4 rings (SSSR count). The molecule has 3 saturated heterocycles. The summed E-state index contributed by atoms with van der Waals surface area (Å²) >= 11 is 0. The molecule has 3 aliphatic rings. The van der Waals surface area contributed by atoms with Crippen LogP contribution in [0.3, 0.4) is 0 Å². The first-order valence-electron chi connectivity index (χ1n) is 16.1. The molecular formula is C35H51N3O5. The van der Waals surface area contributed by atoms with Crippen molar-refractivity contribution in [3.05, 3.63) is 61.2 Å². The van der Waals surface area contributed by atoms with Gasteiger partial charge in [0.05, 0.1) is 17.4 Å². The second-order valence-electron chi connectivity index (χ2n) is 12.8. The number of aliphatic hydroxyl groups excluding tert-OH is 1. The SMILES string of the molecule is C=CCN(CCCCC)C(=O)C1N(CCCCCO)C(=O)[C@@H]2[C@@H](C(=O)N(CC=C)Cc3ccccc3)[C@]3(C)OC12CC3C. The van der Waals surface area contributed by atoms with Crippen LogP contribution in [0.25, 0.3) is 0 Å². The quantitative estimate of drug-likeness (QED) is 0.211. The Bertz CT molecular complexity index is 1160. The fourth-order valence-electron chi connectivity index (χ4n) is 7.77. The molecule has 3 heterocycles. The molecule has 8 nitrogen and oxygen atoms in total. The Kier molecular flexibility index (Phi) is 10.9. The molecular weight excluding hydrogens is 542 g/mol. The fraction of sp³-hybridized carbons (Fsp3) is 0.629. The lowest BCUT2D eigenvalue weighted by atomic mass is 9.62. The van der Waals surface area contributed by atoms with E-state index in [0.717, 1.165) is 31.2 Å². The molecule has 3 unspecified atom stereocenters. The molecule has 3 fully saturated rings. The highest BCUT2D eigenvalue weighted by atomic mass is 16.5. The lowest BCUT2D eigenvalue weighted by Gasteiger charge is -2.39. The zero-order chi connectivity index (χ0) is 31.2. The number of nitrogens with zero attached hydrogens (tertiary/aromatic N) is 3. The summed E-state index contributed by atoms with van der Waals surface area (Å²) in [5, 5.41) is 9.34. The zero-order valence-corrected chi connectivity index (χ0v) is 26.4. The van der Waals surface area contributed by atoms with Gasteiger partial charge in [-0.2, -0.15) is 0 Å². The highest BCUT2D eigenvalue weighted by molar-refractivity contribution is 5.99. The number of amides is 3. The van der Waals surface area contributed by atoms with Crippen LogP contribution >= 0.6 is 0 Å². The predicted molar refractivity (Wildman–Crippen MR) is 168 cm³/mol. The summed E-state index contributed by atoms with van der Waals surface area (Å²) in [6.45, 7) is 16.2. The molecule has 0 saturated carbocycles. The maximum absolute atomic E-state index is 14.5. The average Bonchev–Trinajstić information content (AvgIpc) is 3.51. The molecule has 8 heteroatoms. The van der Waals surface area contributed by atoms with Gasteiger partial charge in [0.25, 0.3) is 0 Å². The van der Waals surface area contributed by atoms with Crippen molar-refractivity contribution in [2.45, 2.75) is 89.5 Å². The molecule has 1 N–H and O–H groups in total. The predicted octanol–water partition coefficient (Wildman–Crippen LogP) is 4.58. The maximum atomic E-state index is 14.5. The molecule has 43 heavy (non-hydrogen) atoms. The minimum atomic E-state index is -1.07. The van der Waals surface area contributed by atoms with Crippen molar-refractivity contribution in [2.75, 3.05) is 32.8 Å². The fourth-order valence-corrected chi connectivity index (χ4v) is 7.77. The van der Waals surface area contributed by atoms with Crippen LogP contribution in [-0.2, 0) is 25.7 Å². The van der Waals surface area contributed by atoms with E-state index in [0.29, 0.717) is 52.0 Å². The Morgan fingerprint density at radius 2 is 1.74 bits per heavy atom. The monoisotopic (exact) mass is 593 g/mol. The summed E-state index contributed by atoms with van der Waals surface area (Å²) in [7, 11) is 0. The molecule has 3 amide bonds. The normalized spacial score (nSPS) is 29.0. The van der Waals surface area contributed by atoms with Crippen molar-refractivity contribution in [3.8, 4) is 0 Å². The Morgan fingerprint density at radius 1 is 1.05 bits per heavy atom. The number of hydrogen-bond donors (Lipinski definition) is 1. The van der Waals surface area contributed by atoms with Gasteiger partial charge in [-0.3, -0.25) is 14.4 Å². The number of rotatable bonds is 17. The Morgan fingerprint density at radius 3 is 2.40 bits per heavy atom. The highest BCUT2D eigenvalue weighted by Crippen LogP contribution is 2.65. The molecule has 3 aliphatic heterocycles. The van der Waals surface area contributed by atoms with Gasteiger partial charge in [0.2, 0.25) is 17.7 Å². The summed E-state index contributed by atoms with van der Waals surface area (Å²) in [5.74, 6) is -1.88. The van der Waals surface area contributed by atoms with Crippen molar-refractivity contribution >= 4 is 17.7 Å². The maximum Gasteiger partial charge on any atom is 0.248 e. The van der Waals surface area contributed by atoms with Gasteiger partial charge >= 0.3 is 0 Å². The van der Waals surface area contributed by atoms with E-state index in [2.05, 4.69) is 27.0 Å². The largest absolute Gasteiger partial charge is 0.396 e. The zero-order valence-electron chi connectivity index (χ0n) is 26.4. The third kappa shape index (κ3) is 6.18. The number of hydrogen-bond acceptors (Lipinski definition) is 5. The number of aliphatic hydroxyl groups is 1. The minimum Gasteiger partial charge on any atom is -0.396 e. The summed E-state index contributed by atoms with van der Waals surface area (Å²) < 4.78 is 6.96. The van der Waals surface area contributed by atoms with Crippen LogP contribution in [0.15, 0.2) is 55.6 Å². The molecule has 2 bridgehead atoms. The third-order valence-electron chi connectivity index (χ3n) is 9.94. The number of likely N-dealkylation sites (tertiary alicyclic amines) is 1. The van der Waals surface area contributed by atoms with Gasteiger partial charge in [-0.1, -0.05) is 69.2 Å². The lowest BCUT2D eigenvalue weighted by Crippen LogP contribution is -2.57. The van der Waals surface area contributed by atoms with Gasteiger partial charge in [0, 0.05) is 39.3 Å². The van der Waals surface area contributed by atoms with Gasteiger partial charge in [0.1, 0.15) is 11.6 Å². The second kappa shape index (κ2) is 14.2. The number of unbranched alkanes of at least 4 members (excludes halogenated alkanes) is 4. The van der Waals surface area contributed by atoms with Crippen molar-refractivity contribution in [2.24, 2.45) is 17.8 Å². The van der Waals surface area contributed by atoms with E-state index in [4.69, 9.17) is 4.74 Å². The van der Waals surface area contributed by atoms with Gasteiger partial charge in [-0.15, -0.1) is 13.2 Å². The van der Waals surface area contributed by atoms with E-state index in [-0.39, 0.29) is 30.2 Å². The van der Waals surface area contributed by atoms with Gasteiger partial charge in [0.15, 0.2) is 0 Å². The molecule has 0 aromatic heterocycles. The van der Waals surface area contributed by atoms with Gasteiger partial charge in [-0.05, 0) is 50.5 Å². The highest BCUT2D eigenvalue weighted by Gasteiger charge is 2.80.